The second-order valence-corrected chi connectivity index (χ2v) is 2.87. The van der Waals surface area contributed by atoms with Crippen LogP contribution in [0, 0.1) is 0 Å². The molecule has 0 rings (SSSR count). The molecule has 0 saturated heterocycles. The van der Waals surface area contributed by atoms with Gasteiger partial charge in [-0.3, -0.25) is 9.59 Å². The van der Waals surface area contributed by atoms with Gasteiger partial charge in [0.05, 0.1) is 6.61 Å². The predicted octanol–water partition coefficient (Wildman–Crippen LogP) is 0.742. The van der Waals surface area contributed by atoms with E-state index in [1.807, 2.05) is 6.92 Å². The van der Waals surface area contributed by atoms with Crippen LogP contribution in [0.25, 0.3) is 0 Å². The topological polar surface area (TPSA) is 116 Å². The van der Waals surface area contributed by atoms with Crippen LogP contribution in [0.2, 0.25) is 0 Å². The molecule has 0 aliphatic rings. The molecule has 0 atom stereocenters. The van der Waals surface area contributed by atoms with Gasteiger partial charge >= 0.3 is 0 Å². The molecule has 0 heterocycles. The first kappa shape index (κ1) is 19.5. The molecule has 6 nitrogen and oxygen atoms in total. The summed E-state index contributed by atoms with van der Waals surface area (Å²) >= 11 is 7.52. The average Bonchev–Trinajstić information content (AvgIpc) is 1.98. The number of carbonyl (C=O) groups is 2. The van der Waals surface area contributed by atoms with Gasteiger partial charge in [0, 0.05) is 6.92 Å². The summed E-state index contributed by atoms with van der Waals surface area (Å²) < 4.78 is 4.70. The van der Waals surface area contributed by atoms with E-state index in [2.05, 4.69) is 30.6 Å². The molecule has 5 N–H and O–H groups in total. The number of nitrogens with two attached hydrogens (primary N) is 2. The summed E-state index contributed by atoms with van der Waals surface area (Å²) in [5.41, 5.74) is 9.32. The van der Waals surface area contributed by atoms with Gasteiger partial charge in [0.15, 0.2) is 0 Å². The Morgan fingerprint density at radius 2 is 1.73 bits per heavy atom. The summed E-state index contributed by atoms with van der Waals surface area (Å²) in [6.07, 6.45) is 0.956. The van der Waals surface area contributed by atoms with Crippen LogP contribution in [-0.4, -0.2) is 28.1 Å². The molecule has 8 heteroatoms. The van der Waals surface area contributed by atoms with Crippen molar-refractivity contribution < 1.29 is 19.4 Å². The molecule has 0 saturated carbocycles. The van der Waals surface area contributed by atoms with Gasteiger partial charge in [0.1, 0.15) is 0 Å². The van der Waals surface area contributed by atoms with E-state index in [1.165, 1.54) is 0 Å². The van der Waals surface area contributed by atoms with Crippen LogP contribution in [0.15, 0.2) is 0 Å². The first-order chi connectivity index (χ1) is 6.73. The van der Waals surface area contributed by atoms with Crippen LogP contribution in [0.1, 0.15) is 20.3 Å². The zero-order valence-electron chi connectivity index (χ0n) is 8.60. The summed E-state index contributed by atoms with van der Waals surface area (Å²) in [4.78, 5) is 18.1. The lowest BCUT2D eigenvalue weighted by Crippen LogP contribution is -2.12. The molecule has 0 aromatic carbocycles. The van der Waals surface area contributed by atoms with Crippen molar-refractivity contribution in [2.24, 2.45) is 11.5 Å². The Morgan fingerprint density at radius 3 is 1.80 bits per heavy atom. The number of ether oxygens (including phenoxy) is 1. The Labute approximate surface area is 99.4 Å². The Balaban J connectivity index is -0.000000155. The van der Waals surface area contributed by atoms with E-state index in [0.29, 0.717) is 6.61 Å². The SMILES string of the molecule is CC(=O)O.CCCOC(N)=S.NC(=O)S. The number of amides is 1. The van der Waals surface area contributed by atoms with E-state index in [9.17, 15) is 0 Å². The van der Waals surface area contributed by atoms with Gasteiger partial charge in [0.2, 0.25) is 0 Å². The number of carbonyl (C=O) groups excluding carboxylic acids is 1. The summed E-state index contributed by atoms with van der Waals surface area (Å²) in [6.45, 7) is 3.72. The van der Waals surface area contributed by atoms with E-state index in [0.717, 1.165) is 13.3 Å². The number of hydrogen-bond donors (Lipinski definition) is 4. The highest BCUT2D eigenvalue weighted by atomic mass is 32.1. The van der Waals surface area contributed by atoms with Crippen molar-refractivity contribution in [2.75, 3.05) is 6.61 Å². The fraction of sp³-hybridized carbons (Fsp3) is 0.571. The lowest BCUT2D eigenvalue weighted by molar-refractivity contribution is -0.134. The Morgan fingerprint density at radius 1 is 1.47 bits per heavy atom. The van der Waals surface area contributed by atoms with Crippen molar-refractivity contribution in [1.29, 1.82) is 0 Å². The van der Waals surface area contributed by atoms with Gasteiger partial charge < -0.3 is 21.3 Å². The Bertz CT molecular complexity index is 179. The molecular weight excluding hydrogens is 240 g/mol. The molecule has 0 bridgehead atoms. The average molecular weight is 256 g/mol. The highest BCUT2D eigenvalue weighted by molar-refractivity contribution is 7.96. The van der Waals surface area contributed by atoms with Gasteiger partial charge in [-0.25, -0.2) is 0 Å². The third kappa shape index (κ3) is 176. The molecule has 0 unspecified atom stereocenters. The summed E-state index contributed by atoms with van der Waals surface area (Å²) in [5, 5.41) is 6.92. The number of carboxylic acid groups (broad SMARTS) is 1. The normalized spacial score (nSPS) is 7.13. The minimum Gasteiger partial charge on any atom is -0.481 e. The van der Waals surface area contributed by atoms with Gasteiger partial charge in [-0.05, 0) is 18.6 Å². The number of primary amides is 1. The maximum absolute atomic E-state index is 9.09. The summed E-state index contributed by atoms with van der Waals surface area (Å²) in [7, 11) is 0. The molecular formula is C7H16N2O4S2. The Hall–Kier alpha value is -1.02. The molecule has 0 aliphatic carbocycles. The molecule has 0 aliphatic heterocycles. The first-order valence-corrected chi connectivity index (χ1v) is 4.69. The number of aliphatic carboxylic acids is 1. The third-order valence-electron chi connectivity index (χ3n) is 0.448. The lowest BCUT2D eigenvalue weighted by atomic mass is 10.5. The predicted molar refractivity (Wildman–Crippen MR) is 64.9 cm³/mol. The molecule has 0 aromatic heterocycles. The third-order valence-corrected chi connectivity index (χ3v) is 0.566. The van der Waals surface area contributed by atoms with Crippen molar-refractivity contribution in [3.63, 3.8) is 0 Å². The second kappa shape index (κ2) is 15.5. The number of thiol groups is 1. The van der Waals surface area contributed by atoms with Crippen molar-refractivity contribution >= 4 is 41.2 Å². The molecule has 15 heavy (non-hydrogen) atoms. The fourth-order valence-corrected chi connectivity index (χ4v) is 0.286. The van der Waals surface area contributed by atoms with Crippen molar-refractivity contribution in [2.45, 2.75) is 20.3 Å². The number of rotatable bonds is 2. The molecule has 0 radical (unpaired) electrons. The quantitative estimate of drug-likeness (QED) is 0.428. The van der Waals surface area contributed by atoms with Crippen molar-refractivity contribution in [3.05, 3.63) is 0 Å². The standard InChI is InChI=1S/C4H9NOS.C2H4O2.CH3NOS/c1-2-3-6-4(5)7;1-2(3)4;2-1(3)4/h2-3H2,1H3,(H2,5,7);1H3,(H,3,4);(H3,2,3,4). The number of hydrogen-bond acceptors (Lipinski definition) is 4. The molecule has 90 valence electrons. The maximum Gasteiger partial charge on any atom is 0.300 e. The van der Waals surface area contributed by atoms with E-state index in [4.69, 9.17) is 25.2 Å². The molecule has 1 amide bonds. The Kier molecular flexibility index (Phi) is 20.1. The fourth-order valence-electron chi connectivity index (χ4n) is 0.203. The van der Waals surface area contributed by atoms with Crippen molar-refractivity contribution in [3.8, 4) is 0 Å². The van der Waals surface area contributed by atoms with E-state index in [1.54, 1.807) is 0 Å². The largest absolute Gasteiger partial charge is 0.481 e. The minimum absolute atomic E-state index is 0.141. The van der Waals surface area contributed by atoms with Crippen LogP contribution >= 0.6 is 24.8 Å². The summed E-state index contributed by atoms with van der Waals surface area (Å²) in [6, 6.07) is 0. The zero-order valence-corrected chi connectivity index (χ0v) is 10.3. The van der Waals surface area contributed by atoms with Crippen LogP contribution in [-0.2, 0) is 9.53 Å². The van der Waals surface area contributed by atoms with Gasteiger partial charge in [0.25, 0.3) is 16.4 Å². The minimum atomic E-state index is -0.833. The lowest BCUT2D eigenvalue weighted by Gasteiger charge is -1.96. The monoisotopic (exact) mass is 256 g/mol. The zero-order chi connectivity index (χ0) is 12.9. The van der Waals surface area contributed by atoms with Crippen LogP contribution in [0.5, 0.6) is 0 Å². The van der Waals surface area contributed by atoms with Crippen LogP contribution in [0.4, 0.5) is 4.79 Å². The highest BCUT2D eigenvalue weighted by Crippen LogP contribution is 1.77. The van der Waals surface area contributed by atoms with E-state index >= 15 is 0 Å². The van der Waals surface area contributed by atoms with Crippen LogP contribution in [0.3, 0.4) is 0 Å². The molecule has 0 aromatic rings. The first-order valence-electron chi connectivity index (χ1n) is 3.84. The maximum atomic E-state index is 9.09. The second-order valence-electron chi connectivity index (χ2n) is 2.02. The number of carboxylic acids is 1. The molecule has 0 spiro atoms. The van der Waals surface area contributed by atoms with Crippen molar-refractivity contribution in [1.82, 2.24) is 0 Å². The summed E-state index contributed by atoms with van der Waals surface area (Å²) in [5.74, 6) is -0.833. The van der Waals surface area contributed by atoms with Gasteiger partial charge in [-0.1, -0.05) is 19.6 Å². The highest BCUT2D eigenvalue weighted by Gasteiger charge is 1.81. The van der Waals surface area contributed by atoms with E-state index in [-0.39, 0.29) is 5.17 Å². The van der Waals surface area contributed by atoms with Crippen LogP contribution < -0.4 is 11.5 Å². The van der Waals surface area contributed by atoms with E-state index < -0.39 is 11.2 Å². The van der Waals surface area contributed by atoms with Gasteiger partial charge in [-0.2, -0.15) is 0 Å². The number of thiocarbonyl (C=S) groups is 1. The molecule has 0 fully saturated rings. The van der Waals surface area contributed by atoms with Gasteiger partial charge in [-0.15, -0.1) is 0 Å². The smallest absolute Gasteiger partial charge is 0.300 e.